The van der Waals surface area contributed by atoms with Gasteiger partial charge < -0.3 is 25.5 Å². The third kappa shape index (κ3) is 3.21. The number of nitrogens with zero attached hydrogens (tertiary/aromatic N) is 1. The third-order valence-electron chi connectivity index (χ3n) is 3.21. The van der Waals surface area contributed by atoms with Crippen LogP contribution in [0.5, 0.6) is 17.2 Å². The SMILES string of the molecule is O=C(Nc1cc(O)c(O)c(O)c1)N1CCCCCC1. The highest BCUT2D eigenvalue weighted by molar-refractivity contribution is 5.90. The number of rotatable bonds is 1. The van der Waals surface area contributed by atoms with Gasteiger partial charge in [0.15, 0.2) is 17.2 Å². The van der Waals surface area contributed by atoms with Crippen LogP contribution in [-0.2, 0) is 0 Å². The molecule has 0 aliphatic carbocycles. The molecule has 1 aromatic carbocycles. The molecule has 104 valence electrons. The van der Waals surface area contributed by atoms with Gasteiger partial charge >= 0.3 is 6.03 Å². The molecule has 4 N–H and O–H groups in total. The molecule has 1 aliphatic heterocycles. The average molecular weight is 266 g/mol. The number of nitrogens with one attached hydrogen (secondary N) is 1. The second kappa shape index (κ2) is 5.69. The van der Waals surface area contributed by atoms with Gasteiger partial charge in [-0.3, -0.25) is 0 Å². The summed E-state index contributed by atoms with van der Waals surface area (Å²) in [6.07, 6.45) is 4.23. The first-order valence-electron chi connectivity index (χ1n) is 6.39. The third-order valence-corrected chi connectivity index (χ3v) is 3.21. The minimum atomic E-state index is -0.590. The maximum atomic E-state index is 12.0. The summed E-state index contributed by atoms with van der Waals surface area (Å²) in [5.74, 6) is -1.52. The zero-order valence-corrected chi connectivity index (χ0v) is 10.6. The molecule has 0 spiro atoms. The summed E-state index contributed by atoms with van der Waals surface area (Å²) < 4.78 is 0. The van der Waals surface area contributed by atoms with Crippen LogP contribution in [0.3, 0.4) is 0 Å². The smallest absolute Gasteiger partial charge is 0.321 e. The van der Waals surface area contributed by atoms with Gasteiger partial charge in [-0.1, -0.05) is 12.8 Å². The molecule has 0 saturated carbocycles. The Kier molecular flexibility index (Phi) is 3.99. The number of carbonyl (C=O) groups excluding carboxylic acids is 1. The zero-order chi connectivity index (χ0) is 13.8. The van der Waals surface area contributed by atoms with Gasteiger partial charge in [-0.05, 0) is 12.8 Å². The molecule has 0 aromatic heterocycles. The van der Waals surface area contributed by atoms with Crippen LogP contribution in [-0.4, -0.2) is 39.3 Å². The van der Waals surface area contributed by atoms with E-state index in [-0.39, 0.29) is 11.7 Å². The highest BCUT2D eigenvalue weighted by Crippen LogP contribution is 2.37. The van der Waals surface area contributed by atoms with Gasteiger partial charge in [0, 0.05) is 25.2 Å². The predicted molar refractivity (Wildman–Crippen MR) is 70.5 cm³/mol. The average Bonchev–Trinajstić information content (AvgIpc) is 2.64. The molecule has 0 bridgehead atoms. The van der Waals surface area contributed by atoms with Crippen molar-refractivity contribution in [2.75, 3.05) is 18.4 Å². The van der Waals surface area contributed by atoms with E-state index in [0.29, 0.717) is 13.1 Å². The minimum Gasteiger partial charge on any atom is -0.504 e. The topological polar surface area (TPSA) is 93.0 Å². The molecule has 1 fully saturated rings. The van der Waals surface area contributed by atoms with Crippen LogP contribution in [0, 0.1) is 0 Å². The molecule has 0 unspecified atom stereocenters. The Morgan fingerprint density at radius 2 is 1.53 bits per heavy atom. The number of anilines is 1. The van der Waals surface area contributed by atoms with E-state index in [0.717, 1.165) is 25.7 Å². The summed E-state index contributed by atoms with van der Waals surface area (Å²) in [6.45, 7) is 1.42. The first-order chi connectivity index (χ1) is 9.08. The van der Waals surface area contributed by atoms with Crippen LogP contribution >= 0.6 is 0 Å². The molecular formula is C13H18N2O4. The molecule has 0 radical (unpaired) electrons. The molecule has 1 heterocycles. The zero-order valence-electron chi connectivity index (χ0n) is 10.6. The van der Waals surface area contributed by atoms with Crippen molar-refractivity contribution in [3.8, 4) is 17.2 Å². The number of phenols is 3. The number of benzene rings is 1. The van der Waals surface area contributed by atoms with Crippen LogP contribution in [0.1, 0.15) is 25.7 Å². The summed E-state index contributed by atoms with van der Waals surface area (Å²) >= 11 is 0. The summed E-state index contributed by atoms with van der Waals surface area (Å²) in [5, 5.41) is 30.6. The number of urea groups is 1. The lowest BCUT2D eigenvalue weighted by Gasteiger charge is -2.21. The number of hydrogen-bond donors (Lipinski definition) is 4. The summed E-state index contributed by atoms with van der Waals surface area (Å²) in [7, 11) is 0. The number of aromatic hydroxyl groups is 3. The quantitative estimate of drug-likeness (QED) is 0.463. The maximum Gasteiger partial charge on any atom is 0.321 e. The van der Waals surface area contributed by atoms with Gasteiger partial charge in [0.1, 0.15) is 0 Å². The molecule has 6 heteroatoms. The van der Waals surface area contributed by atoms with Crippen LogP contribution in [0.2, 0.25) is 0 Å². The Hall–Kier alpha value is -2.11. The lowest BCUT2D eigenvalue weighted by Crippen LogP contribution is -2.35. The van der Waals surface area contributed by atoms with Crippen molar-refractivity contribution < 1.29 is 20.1 Å². The molecule has 1 aliphatic rings. The normalized spacial score (nSPS) is 15.9. The van der Waals surface area contributed by atoms with Gasteiger partial charge in [-0.15, -0.1) is 0 Å². The van der Waals surface area contributed by atoms with Crippen molar-refractivity contribution >= 4 is 11.7 Å². The fraction of sp³-hybridized carbons (Fsp3) is 0.462. The van der Waals surface area contributed by atoms with E-state index in [4.69, 9.17) is 0 Å². The van der Waals surface area contributed by atoms with Crippen LogP contribution in [0.15, 0.2) is 12.1 Å². The van der Waals surface area contributed by atoms with E-state index in [1.807, 2.05) is 0 Å². The van der Waals surface area contributed by atoms with Gasteiger partial charge in [0.25, 0.3) is 0 Å². The van der Waals surface area contributed by atoms with E-state index in [1.54, 1.807) is 4.90 Å². The number of phenolic OH excluding ortho intramolecular Hbond substituents is 3. The lowest BCUT2D eigenvalue weighted by molar-refractivity contribution is 0.214. The minimum absolute atomic E-state index is 0.252. The number of hydrogen-bond acceptors (Lipinski definition) is 4. The molecule has 1 aromatic rings. The number of amides is 2. The van der Waals surface area contributed by atoms with E-state index >= 15 is 0 Å². The van der Waals surface area contributed by atoms with Crippen LogP contribution in [0.4, 0.5) is 10.5 Å². The van der Waals surface area contributed by atoms with E-state index < -0.39 is 17.2 Å². The van der Waals surface area contributed by atoms with Crippen molar-refractivity contribution in [1.29, 1.82) is 0 Å². The van der Waals surface area contributed by atoms with Crippen molar-refractivity contribution in [2.24, 2.45) is 0 Å². The second-order valence-electron chi connectivity index (χ2n) is 4.69. The highest BCUT2D eigenvalue weighted by Gasteiger charge is 2.16. The van der Waals surface area contributed by atoms with Crippen molar-refractivity contribution in [1.82, 2.24) is 4.90 Å². The number of likely N-dealkylation sites (tertiary alicyclic amines) is 1. The van der Waals surface area contributed by atoms with Crippen molar-refractivity contribution in [2.45, 2.75) is 25.7 Å². The molecular weight excluding hydrogens is 248 g/mol. The molecule has 1 saturated heterocycles. The summed E-state index contributed by atoms with van der Waals surface area (Å²) in [5.41, 5.74) is 0.252. The van der Waals surface area contributed by atoms with Crippen molar-refractivity contribution in [3.63, 3.8) is 0 Å². The van der Waals surface area contributed by atoms with Crippen molar-refractivity contribution in [3.05, 3.63) is 12.1 Å². The fourth-order valence-corrected chi connectivity index (χ4v) is 2.15. The first-order valence-corrected chi connectivity index (χ1v) is 6.39. The Morgan fingerprint density at radius 1 is 1.00 bits per heavy atom. The van der Waals surface area contributed by atoms with E-state index in [9.17, 15) is 20.1 Å². The Morgan fingerprint density at radius 3 is 2.05 bits per heavy atom. The van der Waals surface area contributed by atoms with Gasteiger partial charge in [0.05, 0.1) is 5.69 Å². The lowest BCUT2D eigenvalue weighted by atomic mass is 10.2. The standard InChI is InChI=1S/C13H18N2O4/c16-10-7-9(8-11(17)12(10)18)14-13(19)15-5-3-1-2-4-6-15/h7-8,16-18H,1-6H2,(H,14,19). The Balaban J connectivity index is 2.05. The highest BCUT2D eigenvalue weighted by atomic mass is 16.3. The van der Waals surface area contributed by atoms with Crippen LogP contribution in [0.25, 0.3) is 0 Å². The van der Waals surface area contributed by atoms with Gasteiger partial charge in [-0.2, -0.15) is 0 Å². The largest absolute Gasteiger partial charge is 0.504 e. The molecule has 0 atom stereocenters. The molecule has 2 amide bonds. The number of carbonyl (C=O) groups is 1. The fourth-order valence-electron chi connectivity index (χ4n) is 2.15. The first kappa shape index (κ1) is 13.3. The Labute approximate surface area is 111 Å². The molecule has 6 nitrogen and oxygen atoms in total. The summed E-state index contributed by atoms with van der Waals surface area (Å²) in [4.78, 5) is 13.7. The molecule has 2 rings (SSSR count). The van der Waals surface area contributed by atoms with Gasteiger partial charge in [0.2, 0.25) is 0 Å². The predicted octanol–water partition coefficient (Wildman–Crippen LogP) is 2.21. The monoisotopic (exact) mass is 266 g/mol. The van der Waals surface area contributed by atoms with Crippen LogP contribution < -0.4 is 5.32 Å². The molecule has 19 heavy (non-hydrogen) atoms. The summed E-state index contributed by atoms with van der Waals surface area (Å²) in [6, 6.07) is 2.14. The maximum absolute atomic E-state index is 12.0. The van der Waals surface area contributed by atoms with E-state index in [1.165, 1.54) is 12.1 Å². The second-order valence-corrected chi connectivity index (χ2v) is 4.69. The van der Waals surface area contributed by atoms with E-state index in [2.05, 4.69) is 5.32 Å². The Bertz CT molecular complexity index is 445. The van der Waals surface area contributed by atoms with Gasteiger partial charge in [-0.25, -0.2) is 4.79 Å².